The monoisotopic (exact) mass is 379 g/mol. The van der Waals surface area contributed by atoms with E-state index in [9.17, 15) is 4.79 Å². The summed E-state index contributed by atoms with van der Waals surface area (Å²) in [4.78, 5) is 19.1. The first-order chi connectivity index (χ1) is 11.7. The van der Waals surface area contributed by atoms with Crippen LogP contribution in [0, 0.1) is 0 Å². The Bertz CT molecular complexity index is 881. The van der Waals surface area contributed by atoms with E-state index >= 15 is 0 Å². The molecule has 5 heteroatoms. The van der Waals surface area contributed by atoms with Crippen LogP contribution in [0.2, 0.25) is 0 Å². The lowest BCUT2D eigenvalue weighted by Gasteiger charge is -2.26. The van der Waals surface area contributed by atoms with Gasteiger partial charge >= 0.3 is 0 Å². The summed E-state index contributed by atoms with van der Waals surface area (Å²) in [5.74, 6) is -0.0427. The summed E-state index contributed by atoms with van der Waals surface area (Å²) in [6, 6.07) is 21.1. The van der Waals surface area contributed by atoms with Gasteiger partial charge in [-0.3, -0.25) is 14.7 Å². The van der Waals surface area contributed by atoms with E-state index in [2.05, 4.69) is 26.2 Å². The van der Waals surface area contributed by atoms with Gasteiger partial charge in [0.15, 0.2) is 6.17 Å². The first kappa shape index (κ1) is 14.9. The van der Waals surface area contributed by atoms with Crippen molar-refractivity contribution in [1.29, 1.82) is 0 Å². The molecule has 24 heavy (non-hydrogen) atoms. The lowest BCUT2D eigenvalue weighted by Crippen LogP contribution is -2.32. The largest absolute Gasteiger partial charge is 0.360 e. The van der Waals surface area contributed by atoms with E-state index in [-0.39, 0.29) is 12.1 Å². The first-order valence-electron chi connectivity index (χ1n) is 7.60. The van der Waals surface area contributed by atoms with Crippen molar-refractivity contribution in [2.24, 2.45) is 0 Å². The number of anilines is 2. The van der Waals surface area contributed by atoms with Crippen LogP contribution in [0.5, 0.6) is 0 Å². The minimum absolute atomic E-state index is 0.0427. The lowest BCUT2D eigenvalue weighted by atomic mass is 10.2. The molecule has 2 heterocycles. The number of pyridine rings is 1. The zero-order chi connectivity index (χ0) is 16.5. The standard InChI is InChI=1S/C19H14BrN3O/c20-13-8-10-14(11-9-13)22-18-17-16(7-4-12-21-17)19(24)23(18)15-5-2-1-3-6-15/h1-12,18,22H/t18-/m1/s1. The molecule has 0 spiro atoms. The van der Waals surface area contributed by atoms with Crippen LogP contribution in [0.25, 0.3) is 0 Å². The number of carbonyl (C=O) groups excluding carboxylic acids is 1. The summed E-state index contributed by atoms with van der Waals surface area (Å²) in [7, 11) is 0. The molecule has 0 aliphatic carbocycles. The summed E-state index contributed by atoms with van der Waals surface area (Å²) in [6.45, 7) is 0. The predicted octanol–water partition coefficient (Wildman–Crippen LogP) is 4.62. The van der Waals surface area contributed by atoms with Gasteiger partial charge in [-0.2, -0.15) is 0 Å². The molecule has 3 aromatic rings. The molecular weight excluding hydrogens is 366 g/mol. The topological polar surface area (TPSA) is 45.2 Å². The lowest BCUT2D eigenvalue weighted by molar-refractivity contribution is 0.0993. The van der Waals surface area contributed by atoms with Crippen molar-refractivity contribution in [3.05, 3.63) is 88.7 Å². The Kier molecular flexibility index (Phi) is 3.78. The molecule has 2 aromatic carbocycles. The predicted molar refractivity (Wildman–Crippen MR) is 98.0 cm³/mol. The molecule has 118 valence electrons. The van der Waals surface area contributed by atoms with Gasteiger partial charge in [0.2, 0.25) is 0 Å². The van der Waals surface area contributed by atoms with E-state index < -0.39 is 0 Å². The van der Waals surface area contributed by atoms with Gasteiger partial charge in [-0.25, -0.2) is 0 Å². The maximum atomic E-state index is 12.9. The second kappa shape index (κ2) is 6.09. The highest BCUT2D eigenvalue weighted by Gasteiger charge is 2.38. The third kappa shape index (κ3) is 2.57. The van der Waals surface area contributed by atoms with Crippen LogP contribution in [0.1, 0.15) is 22.2 Å². The Hall–Kier alpha value is -2.66. The van der Waals surface area contributed by atoms with Crippen molar-refractivity contribution in [1.82, 2.24) is 4.98 Å². The van der Waals surface area contributed by atoms with Gasteiger partial charge < -0.3 is 5.32 Å². The molecule has 4 nitrogen and oxygen atoms in total. The summed E-state index contributed by atoms with van der Waals surface area (Å²) < 4.78 is 1.01. The second-order valence-electron chi connectivity index (χ2n) is 5.50. The van der Waals surface area contributed by atoms with E-state index in [4.69, 9.17) is 0 Å². The third-order valence-corrected chi connectivity index (χ3v) is 4.52. The van der Waals surface area contributed by atoms with Crippen molar-refractivity contribution < 1.29 is 4.79 Å². The van der Waals surface area contributed by atoms with Crippen LogP contribution in [0.3, 0.4) is 0 Å². The maximum Gasteiger partial charge on any atom is 0.262 e. The highest BCUT2D eigenvalue weighted by atomic mass is 79.9. The fraction of sp³-hybridized carbons (Fsp3) is 0.0526. The fourth-order valence-corrected chi connectivity index (χ4v) is 3.14. The van der Waals surface area contributed by atoms with Crippen LogP contribution in [0.4, 0.5) is 11.4 Å². The number of nitrogens with one attached hydrogen (secondary N) is 1. The Balaban J connectivity index is 1.77. The zero-order valence-corrected chi connectivity index (χ0v) is 14.3. The molecule has 1 N–H and O–H groups in total. The zero-order valence-electron chi connectivity index (χ0n) is 12.7. The Morgan fingerprint density at radius 2 is 1.71 bits per heavy atom. The Labute approximate surface area is 148 Å². The number of nitrogens with zero attached hydrogens (tertiary/aromatic N) is 2. The minimum Gasteiger partial charge on any atom is -0.360 e. The molecule has 1 aliphatic rings. The number of hydrogen-bond donors (Lipinski definition) is 1. The van der Waals surface area contributed by atoms with Crippen molar-refractivity contribution in [2.75, 3.05) is 10.2 Å². The minimum atomic E-state index is -0.336. The average molecular weight is 380 g/mol. The van der Waals surface area contributed by atoms with Gasteiger partial charge in [0, 0.05) is 22.0 Å². The van der Waals surface area contributed by atoms with E-state index in [1.54, 1.807) is 17.2 Å². The molecule has 4 rings (SSSR count). The van der Waals surface area contributed by atoms with E-state index in [0.717, 1.165) is 21.5 Å². The number of amides is 1. The van der Waals surface area contributed by atoms with E-state index in [0.29, 0.717) is 5.56 Å². The number of benzene rings is 2. The molecule has 1 aliphatic heterocycles. The molecule has 1 aromatic heterocycles. The Morgan fingerprint density at radius 3 is 2.46 bits per heavy atom. The van der Waals surface area contributed by atoms with Crippen molar-refractivity contribution in [2.45, 2.75) is 6.17 Å². The van der Waals surface area contributed by atoms with Crippen molar-refractivity contribution in [3.8, 4) is 0 Å². The van der Waals surface area contributed by atoms with Crippen molar-refractivity contribution >= 4 is 33.2 Å². The summed E-state index contributed by atoms with van der Waals surface area (Å²) in [5.41, 5.74) is 3.15. The molecule has 0 unspecified atom stereocenters. The fourth-order valence-electron chi connectivity index (χ4n) is 2.88. The SMILES string of the molecule is O=C1c2cccnc2[C@H](Nc2ccc(Br)cc2)N1c1ccccc1. The van der Waals surface area contributed by atoms with Gasteiger partial charge in [-0.05, 0) is 48.5 Å². The average Bonchev–Trinajstić information content (AvgIpc) is 2.90. The van der Waals surface area contributed by atoms with Crippen molar-refractivity contribution in [3.63, 3.8) is 0 Å². The number of aromatic nitrogens is 1. The van der Waals surface area contributed by atoms with Crippen LogP contribution >= 0.6 is 15.9 Å². The molecule has 0 radical (unpaired) electrons. The quantitative estimate of drug-likeness (QED) is 0.722. The molecule has 0 saturated carbocycles. The summed E-state index contributed by atoms with van der Waals surface area (Å²) in [6.07, 6.45) is 1.38. The molecule has 1 atom stereocenters. The first-order valence-corrected chi connectivity index (χ1v) is 8.39. The van der Waals surface area contributed by atoms with Gasteiger partial charge in [0.25, 0.3) is 5.91 Å². The third-order valence-electron chi connectivity index (χ3n) is 3.99. The molecule has 0 bridgehead atoms. The normalized spacial score (nSPS) is 16.1. The molecule has 0 saturated heterocycles. The summed E-state index contributed by atoms with van der Waals surface area (Å²) in [5, 5.41) is 3.43. The van der Waals surface area contributed by atoms with Gasteiger partial charge in [-0.1, -0.05) is 34.1 Å². The van der Waals surface area contributed by atoms with Crippen LogP contribution in [-0.2, 0) is 0 Å². The maximum absolute atomic E-state index is 12.9. The number of rotatable bonds is 3. The number of hydrogen-bond acceptors (Lipinski definition) is 3. The van der Waals surface area contributed by atoms with Crippen LogP contribution < -0.4 is 10.2 Å². The van der Waals surface area contributed by atoms with Gasteiger partial charge in [-0.15, -0.1) is 0 Å². The van der Waals surface area contributed by atoms with Crippen LogP contribution in [0.15, 0.2) is 77.4 Å². The smallest absolute Gasteiger partial charge is 0.262 e. The Morgan fingerprint density at radius 1 is 0.958 bits per heavy atom. The summed E-state index contributed by atoms with van der Waals surface area (Å²) >= 11 is 3.44. The van der Waals surface area contributed by atoms with Crippen LogP contribution in [-0.4, -0.2) is 10.9 Å². The second-order valence-corrected chi connectivity index (χ2v) is 6.42. The van der Waals surface area contributed by atoms with Gasteiger partial charge in [0.1, 0.15) is 0 Å². The number of fused-ring (bicyclic) bond motifs is 1. The van der Waals surface area contributed by atoms with Gasteiger partial charge in [0.05, 0.1) is 11.3 Å². The van der Waals surface area contributed by atoms with E-state index in [1.807, 2.05) is 60.7 Å². The highest BCUT2D eigenvalue weighted by molar-refractivity contribution is 9.10. The van der Waals surface area contributed by atoms with E-state index in [1.165, 1.54) is 0 Å². The molecule has 1 amide bonds. The number of halogens is 1. The molecular formula is C19H14BrN3O. The molecule has 0 fully saturated rings. The highest BCUT2D eigenvalue weighted by Crippen LogP contribution is 2.36. The number of carbonyl (C=O) groups is 1. The number of para-hydroxylation sites is 1.